The van der Waals surface area contributed by atoms with Gasteiger partial charge in [-0.25, -0.2) is 8.42 Å². The van der Waals surface area contributed by atoms with Gasteiger partial charge in [0.25, 0.3) is 0 Å². The van der Waals surface area contributed by atoms with Crippen LogP contribution in [0.4, 0.5) is 0 Å². The molecule has 0 aliphatic carbocycles. The van der Waals surface area contributed by atoms with Crippen LogP contribution in [0.15, 0.2) is 59.4 Å². The highest BCUT2D eigenvalue weighted by molar-refractivity contribution is 7.95. The van der Waals surface area contributed by atoms with Crippen LogP contribution in [0.5, 0.6) is 0 Å². The Kier molecular flexibility index (Phi) is 4.07. The predicted octanol–water partition coefficient (Wildman–Crippen LogP) is 3.33. The Bertz CT molecular complexity index is 578. The summed E-state index contributed by atoms with van der Waals surface area (Å²) in [5, 5.41) is 0. The van der Waals surface area contributed by atoms with Crippen molar-refractivity contribution in [2.45, 2.75) is 18.7 Å². The second kappa shape index (κ2) is 5.15. The lowest BCUT2D eigenvalue weighted by atomic mass is 10.2. The molecule has 0 atom stereocenters. The van der Waals surface area contributed by atoms with Gasteiger partial charge >= 0.3 is 0 Å². The third-order valence-corrected chi connectivity index (χ3v) is 4.37. The van der Waals surface area contributed by atoms with Crippen molar-refractivity contribution in [3.05, 3.63) is 65.6 Å². The number of aryl methyl sites for hydroxylation is 2. The summed E-state index contributed by atoms with van der Waals surface area (Å²) >= 11 is 0. The van der Waals surface area contributed by atoms with Crippen LogP contribution in [0.25, 0.3) is 0 Å². The Labute approximate surface area is 103 Å². The van der Waals surface area contributed by atoms with Crippen LogP contribution in [0.1, 0.15) is 11.1 Å². The lowest BCUT2D eigenvalue weighted by molar-refractivity contribution is 0.602. The molecule has 0 fully saturated rings. The monoisotopic (exact) mass is 248 g/mol. The predicted molar refractivity (Wildman–Crippen MR) is 71.6 cm³/mol. The van der Waals surface area contributed by atoms with E-state index in [9.17, 15) is 8.42 Å². The van der Waals surface area contributed by atoms with Crippen LogP contribution < -0.4 is 0 Å². The summed E-state index contributed by atoms with van der Waals surface area (Å²) in [7, 11) is -3.49. The molecular formula is C14H16O2S. The molecule has 3 heteroatoms. The highest BCUT2D eigenvalue weighted by Gasteiger charge is 2.19. The Hall–Kier alpha value is -1.61. The third-order valence-electron chi connectivity index (χ3n) is 2.41. The molecule has 0 aliphatic heterocycles. The topological polar surface area (TPSA) is 34.1 Å². The zero-order valence-corrected chi connectivity index (χ0v) is 10.9. The Morgan fingerprint density at radius 3 is 2.35 bits per heavy atom. The van der Waals surface area contributed by atoms with Crippen LogP contribution in [0.2, 0.25) is 0 Å². The van der Waals surface area contributed by atoms with Gasteiger partial charge < -0.3 is 0 Å². The smallest absolute Gasteiger partial charge is 0.206 e. The fourth-order valence-corrected chi connectivity index (χ4v) is 3.09. The van der Waals surface area contributed by atoms with Gasteiger partial charge in [-0.05, 0) is 31.6 Å². The minimum absolute atomic E-state index is 0.166. The molecule has 0 aliphatic rings. The Morgan fingerprint density at radius 2 is 1.88 bits per heavy atom. The normalized spacial score (nSPS) is 12.2. The third kappa shape index (κ3) is 2.74. The van der Waals surface area contributed by atoms with Gasteiger partial charge in [0, 0.05) is 0 Å². The van der Waals surface area contributed by atoms with E-state index >= 15 is 0 Å². The van der Waals surface area contributed by atoms with Crippen LogP contribution >= 0.6 is 0 Å². The number of hydrogen-bond acceptors (Lipinski definition) is 2. The van der Waals surface area contributed by atoms with E-state index in [0.717, 1.165) is 11.1 Å². The maximum absolute atomic E-state index is 12.3. The average Bonchev–Trinajstić information content (AvgIpc) is 2.24. The van der Waals surface area contributed by atoms with Crippen molar-refractivity contribution in [1.82, 2.24) is 0 Å². The average molecular weight is 248 g/mol. The quantitative estimate of drug-likeness (QED) is 0.766. The molecule has 1 rings (SSSR count). The lowest BCUT2D eigenvalue weighted by Gasteiger charge is -2.08. The summed E-state index contributed by atoms with van der Waals surface area (Å²) < 4.78 is 24.6. The zero-order valence-electron chi connectivity index (χ0n) is 10.1. The summed E-state index contributed by atoms with van der Waals surface area (Å²) in [6.07, 6.45) is 4.22. The van der Waals surface area contributed by atoms with Crippen LogP contribution in [0, 0.1) is 13.8 Å². The molecule has 0 saturated carbocycles. The zero-order chi connectivity index (χ0) is 13.1. The molecule has 0 aromatic heterocycles. The molecule has 2 nitrogen and oxygen atoms in total. The van der Waals surface area contributed by atoms with Gasteiger partial charge in [0.2, 0.25) is 9.84 Å². The fraction of sp³-hybridized carbons (Fsp3) is 0.143. The number of rotatable bonds is 4. The molecule has 0 saturated heterocycles. The number of hydrogen-bond donors (Lipinski definition) is 0. The maximum Gasteiger partial charge on any atom is 0.206 e. The molecule has 0 N–H and O–H groups in total. The van der Waals surface area contributed by atoms with Crippen LogP contribution in [-0.4, -0.2) is 8.42 Å². The Balaban J connectivity index is 3.46. The second-order valence-electron chi connectivity index (χ2n) is 3.78. The second-order valence-corrected chi connectivity index (χ2v) is 5.70. The van der Waals surface area contributed by atoms with Crippen molar-refractivity contribution < 1.29 is 8.42 Å². The standard InChI is InChI=1S/C14H16O2S/c1-5-7-13(6-2)17(15,16)14-9-8-11(3)10-12(14)4/h5-10H,1-2H2,3-4H3/b13-7+. The largest absolute Gasteiger partial charge is 0.219 e. The van der Waals surface area contributed by atoms with Crippen LogP contribution in [0.3, 0.4) is 0 Å². The molecular weight excluding hydrogens is 232 g/mol. The highest BCUT2D eigenvalue weighted by atomic mass is 32.2. The molecule has 0 spiro atoms. The summed E-state index contributed by atoms with van der Waals surface area (Å²) in [6.45, 7) is 10.7. The minimum atomic E-state index is -3.49. The summed E-state index contributed by atoms with van der Waals surface area (Å²) in [5.41, 5.74) is 1.77. The molecule has 1 aromatic rings. The molecule has 1 aromatic carbocycles. The van der Waals surface area contributed by atoms with Crippen molar-refractivity contribution >= 4 is 9.84 Å². The summed E-state index contributed by atoms with van der Waals surface area (Å²) in [5.74, 6) is 0. The number of sulfone groups is 1. The first-order valence-corrected chi connectivity index (χ1v) is 6.69. The van der Waals surface area contributed by atoms with E-state index in [1.807, 2.05) is 13.0 Å². The van der Waals surface area contributed by atoms with E-state index in [0.29, 0.717) is 4.90 Å². The first kappa shape index (κ1) is 13.5. The van der Waals surface area contributed by atoms with E-state index in [1.54, 1.807) is 19.1 Å². The molecule has 90 valence electrons. The van der Waals surface area contributed by atoms with Crippen molar-refractivity contribution in [2.75, 3.05) is 0 Å². The number of benzene rings is 1. The van der Waals surface area contributed by atoms with Crippen molar-refractivity contribution in [1.29, 1.82) is 0 Å². The minimum Gasteiger partial charge on any atom is -0.219 e. The molecule has 17 heavy (non-hydrogen) atoms. The molecule has 0 heterocycles. The number of allylic oxidation sites excluding steroid dienone is 3. The van der Waals surface area contributed by atoms with Crippen molar-refractivity contribution in [3.8, 4) is 0 Å². The maximum atomic E-state index is 12.3. The Morgan fingerprint density at radius 1 is 1.24 bits per heavy atom. The molecule has 0 amide bonds. The SMILES string of the molecule is C=C/C=C(\C=C)S(=O)(=O)c1ccc(C)cc1C. The summed E-state index contributed by atoms with van der Waals surface area (Å²) in [4.78, 5) is 0.482. The first-order chi connectivity index (χ1) is 7.93. The first-order valence-electron chi connectivity index (χ1n) is 5.21. The van der Waals surface area contributed by atoms with Crippen molar-refractivity contribution in [3.63, 3.8) is 0 Å². The van der Waals surface area contributed by atoms with Gasteiger partial charge in [0.05, 0.1) is 9.80 Å². The van der Waals surface area contributed by atoms with Crippen molar-refractivity contribution in [2.24, 2.45) is 0 Å². The van der Waals surface area contributed by atoms with E-state index in [2.05, 4.69) is 13.2 Å². The molecule has 0 bridgehead atoms. The van der Waals surface area contributed by atoms with Gasteiger partial charge in [-0.2, -0.15) is 0 Å². The lowest BCUT2D eigenvalue weighted by Crippen LogP contribution is -2.05. The highest BCUT2D eigenvalue weighted by Crippen LogP contribution is 2.24. The van der Waals surface area contributed by atoms with Gasteiger partial charge in [0.15, 0.2) is 0 Å². The van der Waals surface area contributed by atoms with E-state index in [-0.39, 0.29) is 4.91 Å². The summed E-state index contributed by atoms with van der Waals surface area (Å²) in [6, 6.07) is 5.26. The van der Waals surface area contributed by atoms with Gasteiger partial charge in [-0.3, -0.25) is 0 Å². The molecule has 0 unspecified atom stereocenters. The van der Waals surface area contributed by atoms with Gasteiger partial charge in [-0.1, -0.05) is 43.0 Å². The van der Waals surface area contributed by atoms with E-state index in [4.69, 9.17) is 0 Å². The van der Waals surface area contributed by atoms with Gasteiger partial charge in [-0.15, -0.1) is 0 Å². The molecule has 0 radical (unpaired) electrons. The fourth-order valence-electron chi connectivity index (χ4n) is 1.61. The van der Waals surface area contributed by atoms with E-state index < -0.39 is 9.84 Å². The van der Waals surface area contributed by atoms with E-state index in [1.165, 1.54) is 18.2 Å². The van der Waals surface area contributed by atoms with Gasteiger partial charge in [0.1, 0.15) is 0 Å². The van der Waals surface area contributed by atoms with Crippen LogP contribution in [-0.2, 0) is 9.84 Å².